The number of alkyl halides is 3. The molecule has 0 aromatic heterocycles. The van der Waals surface area contributed by atoms with Gasteiger partial charge in [0.2, 0.25) is 0 Å². The van der Waals surface area contributed by atoms with Crippen molar-refractivity contribution in [3.05, 3.63) is 29.6 Å². The largest absolute Gasteiger partial charge is 0.454 e. The number of nitrogens with zero attached hydrogens (tertiary/aromatic N) is 2. The summed E-state index contributed by atoms with van der Waals surface area (Å²) >= 11 is 0. The molecular weight excluding hydrogens is 233 g/mol. The molecule has 0 atom stereocenters. The van der Waals surface area contributed by atoms with Crippen molar-refractivity contribution in [2.24, 2.45) is 7.05 Å². The number of Topliss-reactive ketones (excluding diaryl/α,β-unsaturated/α-hetero) is 1. The van der Waals surface area contributed by atoms with E-state index in [1.54, 1.807) is 18.7 Å². The quantitative estimate of drug-likeness (QED) is 0.720. The van der Waals surface area contributed by atoms with Gasteiger partial charge in [-0.1, -0.05) is 6.07 Å². The Labute approximate surface area is 95.2 Å². The monoisotopic (exact) mass is 242 g/mol. The van der Waals surface area contributed by atoms with Gasteiger partial charge in [-0.3, -0.25) is 9.48 Å². The van der Waals surface area contributed by atoms with E-state index in [1.807, 2.05) is 0 Å². The Morgan fingerprint density at radius 2 is 1.94 bits per heavy atom. The molecule has 17 heavy (non-hydrogen) atoms. The van der Waals surface area contributed by atoms with Crippen LogP contribution in [0.5, 0.6) is 0 Å². The van der Waals surface area contributed by atoms with E-state index in [1.165, 1.54) is 18.3 Å². The minimum absolute atomic E-state index is 0.239. The maximum absolute atomic E-state index is 12.3. The van der Waals surface area contributed by atoms with Crippen LogP contribution in [0.2, 0.25) is 0 Å². The first-order valence-corrected chi connectivity index (χ1v) is 4.85. The topological polar surface area (TPSA) is 34.9 Å². The summed E-state index contributed by atoms with van der Waals surface area (Å²) in [4.78, 5) is 11.2. The minimum Gasteiger partial charge on any atom is -0.284 e. The van der Waals surface area contributed by atoms with Crippen LogP contribution in [0.15, 0.2) is 18.3 Å². The lowest BCUT2D eigenvalue weighted by Gasteiger charge is -2.10. The summed E-state index contributed by atoms with van der Waals surface area (Å²) in [7, 11) is 1.69. The normalized spacial score (nSPS) is 12.1. The molecule has 1 aliphatic carbocycles. The summed E-state index contributed by atoms with van der Waals surface area (Å²) < 4.78 is 38.6. The fourth-order valence-electron chi connectivity index (χ4n) is 1.70. The molecule has 0 unspecified atom stereocenters. The predicted octanol–water partition coefficient (Wildman–Crippen LogP) is 2.58. The molecule has 2 rings (SSSR count). The number of carbonyl (C=O) groups excluding carboxylic acids is 1. The Balaban J connectivity index is 2.59. The van der Waals surface area contributed by atoms with Crippen molar-refractivity contribution in [3.8, 4) is 11.1 Å². The SMILES string of the molecule is Cc1c2ccc(C(=O)C(F)(F)F)c-2cnn1C. The van der Waals surface area contributed by atoms with E-state index in [4.69, 9.17) is 0 Å². The molecular formula is C11H9F3N2O. The highest BCUT2D eigenvalue weighted by Gasteiger charge is 2.41. The smallest absolute Gasteiger partial charge is 0.284 e. The van der Waals surface area contributed by atoms with Crippen LogP contribution >= 0.6 is 0 Å². The second kappa shape index (κ2) is 3.58. The highest BCUT2D eigenvalue weighted by Crippen LogP contribution is 2.33. The molecule has 0 aromatic carbocycles. The van der Waals surface area contributed by atoms with E-state index in [0.29, 0.717) is 11.3 Å². The molecule has 1 aliphatic heterocycles. The first-order chi connectivity index (χ1) is 7.82. The molecule has 0 radical (unpaired) electrons. The average molecular weight is 242 g/mol. The molecule has 6 heteroatoms. The van der Waals surface area contributed by atoms with Gasteiger partial charge in [0.15, 0.2) is 0 Å². The third-order valence-electron chi connectivity index (χ3n) is 2.73. The highest BCUT2D eigenvalue weighted by atomic mass is 19.4. The summed E-state index contributed by atoms with van der Waals surface area (Å²) in [5.74, 6) is -1.83. The molecule has 3 nitrogen and oxygen atoms in total. The van der Waals surface area contributed by atoms with Gasteiger partial charge in [0, 0.05) is 29.4 Å². The lowest BCUT2D eigenvalue weighted by Crippen LogP contribution is -2.22. The fraction of sp³-hybridized carbons (Fsp3) is 0.273. The van der Waals surface area contributed by atoms with E-state index in [-0.39, 0.29) is 11.1 Å². The predicted molar refractivity (Wildman–Crippen MR) is 55.0 cm³/mol. The summed E-state index contributed by atoms with van der Waals surface area (Å²) in [6, 6.07) is 2.69. The van der Waals surface area contributed by atoms with Crippen LogP contribution < -0.4 is 0 Å². The van der Waals surface area contributed by atoms with Gasteiger partial charge in [-0.15, -0.1) is 0 Å². The molecule has 1 heterocycles. The second-order valence-corrected chi connectivity index (χ2v) is 3.75. The number of hydrogen-bond acceptors (Lipinski definition) is 2. The van der Waals surface area contributed by atoms with Crippen molar-refractivity contribution in [2.75, 3.05) is 0 Å². The van der Waals surface area contributed by atoms with Gasteiger partial charge >= 0.3 is 6.18 Å². The summed E-state index contributed by atoms with van der Waals surface area (Å²) in [5, 5.41) is 3.90. The first kappa shape index (κ1) is 11.6. The maximum atomic E-state index is 12.3. The van der Waals surface area contributed by atoms with Crippen LogP contribution in [0.1, 0.15) is 16.1 Å². The van der Waals surface area contributed by atoms with Gasteiger partial charge < -0.3 is 0 Å². The zero-order valence-electron chi connectivity index (χ0n) is 9.17. The number of ketones is 1. The molecule has 0 aromatic rings. The van der Waals surface area contributed by atoms with Crippen LogP contribution in [0.3, 0.4) is 0 Å². The van der Waals surface area contributed by atoms with Gasteiger partial charge in [0.25, 0.3) is 5.78 Å². The van der Waals surface area contributed by atoms with Crippen LogP contribution in [0.4, 0.5) is 13.2 Å². The molecule has 0 spiro atoms. The number of rotatable bonds is 1. The Kier molecular flexibility index (Phi) is 2.45. The number of hydrogen-bond donors (Lipinski definition) is 0. The van der Waals surface area contributed by atoms with Crippen molar-refractivity contribution >= 4 is 5.78 Å². The Morgan fingerprint density at radius 3 is 2.53 bits per heavy atom. The second-order valence-electron chi connectivity index (χ2n) is 3.75. The van der Waals surface area contributed by atoms with E-state index in [2.05, 4.69) is 5.10 Å². The van der Waals surface area contributed by atoms with Crippen LogP contribution in [-0.2, 0) is 7.05 Å². The number of aryl methyl sites for hydroxylation is 1. The van der Waals surface area contributed by atoms with Gasteiger partial charge in [-0.05, 0) is 13.0 Å². The first-order valence-electron chi connectivity index (χ1n) is 4.85. The van der Waals surface area contributed by atoms with Crippen molar-refractivity contribution in [3.63, 3.8) is 0 Å². The van der Waals surface area contributed by atoms with Crippen molar-refractivity contribution in [2.45, 2.75) is 13.1 Å². The molecule has 0 amide bonds. The molecule has 90 valence electrons. The molecule has 0 N–H and O–H groups in total. The number of fused-ring (bicyclic) bond motifs is 1. The molecule has 2 aliphatic rings. The zero-order valence-corrected chi connectivity index (χ0v) is 9.17. The third-order valence-corrected chi connectivity index (χ3v) is 2.73. The lowest BCUT2D eigenvalue weighted by molar-refractivity contribution is -0.0884. The molecule has 0 bridgehead atoms. The summed E-state index contributed by atoms with van der Waals surface area (Å²) in [6.07, 6.45) is -3.57. The fourth-order valence-corrected chi connectivity index (χ4v) is 1.70. The minimum atomic E-state index is -4.85. The lowest BCUT2D eigenvalue weighted by atomic mass is 10.1. The summed E-state index contributed by atoms with van der Waals surface area (Å²) in [6.45, 7) is 1.73. The van der Waals surface area contributed by atoms with Crippen LogP contribution in [0, 0.1) is 6.92 Å². The van der Waals surface area contributed by atoms with Crippen LogP contribution in [0.25, 0.3) is 11.1 Å². The van der Waals surface area contributed by atoms with E-state index < -0.39 is 12.0 Å². The Bertz CT molecular complexity index is 557. The van der Waals surface area contributed by atoms with Crippen molar-refractivity contribution < 1.29 is 18.0 Å². The average Bonchev–Trinajstić information content (AvgIpc) is 2.65. The van der Waals surface area contributed by atoms with E-state index >= 15 is 0 Å². The van der Waals surface area contributed by atoms with Gasteiger partial charge in [0.05, 0.1) is 6.20 Å². The van der Waals surface area contributed by atoms with Gasteiger partial charge in [-0.2, -0.15) is 18.3 Å². The standard InChI is InChI=1S/C11H9F3N2O/c1-6-7-3-4-8(10(17)11(12,13)14)9(7)5-15-16(6)2/h3-5H,1-2H3. The zero-order chi connectivity index (χ0) is 12.8. The number of halogens is 3. The summed E-state index contributed by atoms with van der Waals surface area (Å²) in [5.41, 5.74) is 1.21. The molecule has 0 saturated heterocycles. The van der Waals surface area contributed by atoms with Gasteiger partial charge in [-0.25, -0.2) is 0 Å². The molecule has 0 fully saturated rings. The van der Waals surface area contributed by atoms with E-state index in [0.717, 1.165) is 0 Å². The van der Waals surface area contributed by atoms with Crippen LogP contribution in [-0.4, -0.2) is 21.7 Å². The number of carbonyl (C=O) groups is 1. The molecule has 0 saturated carbocycles. The van der Waals surface area contributed by atoms with Gasteiger partial charge in [0.1, 0.15) is 0 Å². The van der Waals surface area contributed by atoms with E-state index in [9.17, 15) is 18.0 Å². The highest BCUT2D eigenvalue weighted by molar-refractivity contribution is 6.06. The van der Waals surface area contributed by atoms with Crippen molar-refractivity contribution in [1.29, 1.82) is 0 Å². The maximum Gasteiger partial charge on any atom is 0.454 e. The van der Waals surface area contributed by atoms with Crippen molar-refractivity contribution in [1.82, 2.24) is 9.78 Å². The Morgan fingerprint density at radius 1 is 1.29 bits per heavy atom. The number of aromatic nitrogens is 2. The Hall–Kier alpha value is -1.85. The third kappa shape index (κ3) is 1.79.